The number of fused-ring (bicyclic) bond motifs is 1. The number of sulfonamides is 1. The number of anilines is 1. The molecule has 0 aliphatic carbocycles. The number of hydrogen-bond donors (Lipinski definition) is 1. The van der Waals surface area contributed by atoms with Gasteiger partial charge in [0.15, 0.2) is 0 Å². The normalized spacial score (nSPS) is 14.3. The molecule has 4 rings (SSSR count). The van der Waals surface area contributed by atoms with Crippen molar-refractivity contribution in [3.8, 4) is 5.75 Å². The molecule has 0 radical (unpaired) electrons. The monoisotopic (exact) mass is 546 g/mol. The Morgan fingerprint density at radius 2 is 1.80 bits per heavy atom. The average Bonchev–Trinajstić information content (AvgIpc) is 2.79. The molecule has 0 unspecified atom stereocenters. The van der Waals surface area contributed by atoms with E-state index in [0.717, 1.165) is 24.3 Å². The zero-order chi connectivity index (χ0) is 25.4. The highest BCUT2D eigenvalue weighted by Crippen LogP contribution is 2.28. The van der Waals surface area contributed by atoms with Gasteiger partial charge in [-0.3, -0.25) is 10.1 Å². The molecule has 184 valence electrons. The van der Waals surface area contributed by atoms with Crippen LogP contribution in [0.4, 0.5) is 19.1 Å². The molecular formula is C21H15Cl2F3N4O4S. The van der Waals surface area contributed by atoms with Crippen LogP contribution in [-0.2, 0) is 23.0 Å². The lowest BCUT2D eigenvalue weighted by molar-refractivity contribution is -0.274. The topological polar surface area (TPSA) is 101 Å². The van der Waals surface area contributed by atoms with Crippen molar-refractivity contribution in [2.45, 2.75) is 24.2 Å². The van der Waals surface area contributed by atoms with Crippen molar-refractivity contribution in [1.29, 1.82) is 0 Å². The van der Waals surface area contributed by atoms with E-state index in [1.165, 1.54) is 28.7 Å². The SMILES string of the molecule is O=C(Nc1ncc2c(n1)CCN(S(=O)(=O)c1ccc(OC(F)(F)F)cc1)C2)c1ccc(Cl)c(Cl)c1. The summed E-state index contributed by atoms with van der Waals surface area (Å²) in [6.07, 6.45) is -3.23. The van der Waals surface area contributed by atoms with E-state index in [1.54, 1.807) is 0 Å². The lowest BCUT2D eigenvalue weighted by Gasteiger charge is -2.27. The summed E-state index contributed by atoms with van der Waals surface area (Å²) >= 11 is 11.8. The van der Waals surface area contributed by atoms with Crippen molar-refractivity contribution in [2.24, 2.45) is 0 Å². The van der Waals surface area contributed by atoms with E-state index in [1.807, 2.05) is 0 Å². The smallest absolute Gasteiger partial charge is 0.406 e. The van der Waals surface area contributed by atoms with Crippen LogP contribution in [0.2, 0.25) is 10.0 Å². The highest BCUT2D eigenvalue weighted by Gasteiger charge is 2.32. The van der Waals surface area contributed by atoms with Crippen molar-refractivity contribution < 1.29 is 31.1 Å². The summed E-state index contributed by atoms with van der Waals surface area (Å²) in [5.74, 6) is -0.984. The summed E-state index contributed by atoms with van der Waals surface area (Å²) in [5, 5.41) is 3.08. The molecule has 14 heteroatoms. The van der Waals surface area contributed by atoms with Crippen LogP contribution in [0.3, 0.4) is 0 Å². The van der Waals surface area contributed by atoms with Gasteiger partial charge in [0, 0.05) is 36.8 Å². The van der Waals surface area contributed by atoms with Gasteiger partial charge in [-0.25, -0.2) is 18.4 Å². The minimum atomic E-state index is -4.88. The fourth-order valence-corrected chi connectivity index (χ4v) is 5.05. The van der Waals surface area contributed by atoms with Gasteiger partial charge < -0.3 is 4.74 Å². The summed E-state index contributed by atoms with van der Waals surface area (Å²) < 4.78 is 67.8. The summed E-state index contributed by atoms with van der Waals surface area (Å²) in [4.78, 5) is 20.6. The van der Waals surface area contributed by atoms with Crippen molar-refractivity contribution in [2.75, 3.05) is 11.9 Å². The lowest BCUT2D eigenvalue weighted by atomic mass is 10.1. The molecule has 1 aliphatic rings. The number of hydrogen-bond acceptors (Lipinski definition) is 6. The van der Waals surface area contributed by atoms with Gasteiger partial charge in [-0.05, 0) is 42.5 Å². The Hall–Kier alpha value is -2.93. The Bertz CT molecular complexity index is 1390. The second-order valence-electron chi connectivity index (χ2n) is 7.36. The zero-order valence-electron chi connectivity index (χ0n) is 17.5. The van der Waals surface area contributed by atoms with E-state index in [0.29, 0.717) is 16.3 Å². The fraction of sp³-hybridized carbons (Fsp3) is 0.190. The van der Waals surface area contributed by atoms with Gasteiger partial charge in [-0.15, -0.1) is 13.2 Å². The second-order valence-corrected chi connectivity index (χ2v) is 10.1. The molecule has 0 saturated carbocycles. The fourth-order valence-electron chi connectivity index (χ4n) is 3.33. The third-order valence-corrected chi connectivity index (χ3v) is 7.60. The van der Waals surface area contributed by atoms with Crippen LogP contribution in [-0.4, -0.2) is 41.5 Å². The minimum absolute atomic E-state index is 0.0383. The Morgan fingerprint density at radius 1 is 1.09 bits per heavy atom. The average molecular weight is 547 g/mol. The third-order valence-electron chi connectivity index (χ3n) is 5.00. The largest absolute Gasteiger partial charge is 0.573 e. The van der Waals surface area contributed by atoms with Crippen molar-refractivity contribution in [1.82, 2.24) is 14.3 Å². The number of carbonyl (C=O) groups excluding carboxylic acids is 1. The van der Waals surface area contributed by atoms with Crippen LogP contribution in [0.15, 0.2) is 53.6 Å². The molecule has 1 amide bonds. The predicted molar refractivity (Wildman–Crippen MR) is 121 cm³/mol. The van der Waals surface area contributed by atoms with Gasteiger partial charge in [0.05, 0.1) is 20.6 Å². The van der Waals surface area contributed by atoms with E-state index in [2.05, 4.69) is 20.0 Å². The number of rotatable bonds is 5. The summed E-state index contributed by atoms with van der Waals surface area (Å²) in [5.41, 5.74) is 1.35. The standard InChI is InChI=1S/C21H15Cl2F3N4O4S/c22-16-6-1-12(9-17(16)23)19(31)29-20-27-10-13-11-30(8-7-18(13)28-20)35(32,33)15-4-2-14(3-5-15)34-21(24,25)26/h1-6,9-10H,7-8,11H2,(H,27,28,29,31). The van der Waals surface area contributed by atoms with Gasteiger partial charge in [0.2, 0.25) is 16.0 Å². The number of halogens is 5. The molecule has 2 heterocycles. The van der Waals surface area contributed by atoms with Gasteiger partial charge in [-0.1, -0.05) is 23.2 Å². The lowest BCUT2D eigenvalue weighted by Crippen LogP contribution is -2.36. The third kappa shape index (κ3) is 5.84. The van der Waals surface area contributed by atoms with Crippen molar-refractivity contribution in [3.05, 3.63) is 75.5 Å². The van der Waals surface area contributed by atoms with Crippen LogP contribution < -0.4 is 10.1 Å². The highest BCUT2D eigenvalue weighted by molar-refractivity contribution is 7.89. The maximum absolute atomic E-state index is 13.0. The molecule has 0 spiro atoms. The predicted octanol–water partition coefficient (Wildman–Crippen LogP) is 4.68. The van der Waals surface area contributed by atoms with Crippen molar-refractivity contribution >= 4 is 45.1 Å². The maximum atomic E-state index is 13.0. The molecule has 1 aliphatic heterocycles. The van der Waals surface area contributed by atoms with Gasteiger partial charge >= 0.3 is 6.36 Å². The molecule has 35 heavy (non-hydrogen) atoms. The number of aromatic nitrogens is 2. The first kappa shape index (κ1) is 25.2. The molecule has 3 aromatic rings. The van der Waals surface area contributed by atoms with Crippen LogP contribution >= 0.6 is 23.2 Å². The number of alkyl halides is 3. The van der Waals surface area contributed by atoms with Crippen LogP contribution in [0.25, 0.3) is 0 Å². The van der Waals surface area contributed by atoms with Gasteiger partial charge in [0.1, 0.15) is 5.75 Å². The molecule has 0 fully saturated rings. The quantitative estimate of drug-likeness (QED) is 0.498. The second kappa shape index (κ2) is 9.61. The molecule has 1 aromatic heterocycles. The molecule has 0 atom stereocenters. The Morgan fingerprint density at radius 3 is 2.46 bits per heavy atom. The van der Waals surface area contributed by atoms with Crippen molar-refractivity contribution in [3.63, 3.8) is 0 Å². The Kier molecular flexibility index (Phi) is 6.91. The number of ether oxygens (including phenoxy) is 1. The van der Waals surface area contributed by atoms with E-state index in [9.17, 15) is 26.4 Å². The van der Waals surface area contributed by atoms with E-state index in [4.69, 9.17) is 23.2 Å². The summed E-state index contributed by atoms with van der Waals surface area (Å²) in [6, 6.07) is 8.34. The summed E-state index contributed by atoms with van der Waals surface area (Å²) in [6.45, 7) is 0.0345. The molecule has 8 nitrogen and oxygen atoms in total. The number of nitrogens with one attached hydrogen (secondary N) is 1. The molecule has 0 saturated heterocycles. The maximum Gasteiger partial charge on any atom is 0.573 e. The molecule has 1 N–H and O–H groups in total. The molecular weight excluding hydrogens is 532 g/mol. The zero-order valence-corrected chi connectivity index (χ0v) is 19.8. The Labute approximate surface area is 207 Å². The van der Waals surface area contributed by atoms with E-state index >= 15 is 0 Å². The number of amides is 1. The summed E-state index contributed by atoms with van der Waals surface area (Å²) in [7, 11) is -3.99. The van der Waals surface area contributed by atoms with E-state index in [-0.39, 0.29) is 40.9 Å². The first-order valence-corrected chi connectivity index (χ1v) is 12.1. The first-order chi connectivity index (χ1) is 16.4. The minimum Gasteiger partial charge on any atom is -0.406 e. The Balaban J connectivity index is 1.46. The van der Waals surface area contributed by atoms with Crippen LogP contribution in [0.5, 0.6) is 5.75 Å². The van der Waals surface area contributed by atoms with Gasteiger partial charge in [-0.2, -0.15) is 4.31 Å². The van der Waals surface area contributed by atoms with E-state index < -0.39 is 28.0 Å². The van der Waals surface area contributed by atoms with Gasteiger partial charge in [0.25, 0.3) is 5.91 Å². The van der Waals surface area contributed by atoms with Crippen LogP contribution in [0.1, 0.15) is 21.6 Å². The number of nitrogens with zero attached hydrogens (tertiary/aromatic N) is 3. The molecule has 2 aromatic carbocycles. The molecule has 0 bridgehead atoms. The number of carbonyl (C=O) groups is 1. The van der Waals surface area contributed by atoms with Crippen LogP contribution in [0, 0.1) is 0 Å². The number of benzene rings is 2. The highest BCUT2D eigenvalue weighted by atomic mass is 35.5. The first-order valence-electron chi connectivity index (χ1n) is 9.89.